The second-order valence-corrected chi connectivity index (χ2v) is 7.57. The molecule has 0 radical (unpaired) electrons. The van der Waals surface area contributed by atoms with Gasteiger partial charge in [-0.3, -0.25) is 9.59 Å². The Balaban J connectivity index is 1.41. The second-order valence-electron chi connectivity index (χ2n) is 7.57. The molecule has 3 rings (SSSR count). The van der Waals surface area contributed by atoms with Gasteiger partial charge in [0.05, 0.1) is 6.61 Å². The van der Waals surface area contributed by atoms with Crippen molar-refractivity contribution in [2.24, 2.45) is 0 Å². The molecular formula is C24H30N2O3. The normalized spacial score (nSPS) is 14.5. The molecule has 1 aliphatic heterocycles. The van der Waals surface area contributed by atoms with Crippen LogP contribution in [0.15, 0.2) is 48.5 Å². The van der Waals surface area contributed by atoms with Gasteiger partial charge in [0.15, 0.2) is 0 Å². The number of carbonyl (C=O) groups is 2. The first kappa shape index (κ1) is 20.9. The van der Waals surface area contributed by atoms with Crippen molar-refractivity contribution < 1.29 is 14.3 Å². The lowest BCUT2D eigenvalue weighted by Crippen LogP contribution is -2.46. The van der Waals surface area contributed by atoms with Crippen LogP contribution in [0.25, 0.3) is 0 Å². The molecule has 0 saturated carbocycles. The van der Waals surface area contributed by atoms with Gasteiger partial charge in [0.1, 0.15) is 5.75 Å². The van der Waals surface area contributed by atoms with Crippen molar-refractivity contribution in [2.45, 2.75) is 45.6 Å². The number of hydrogen-bond acceptors (Lipinski definition) is 3. The van der Waals surface area contributed by atoms with Gasteiger partial charge in [-0.25, -0.2) is 0 Å². The molecule has 1 saturated heterocycles. The van der Waals surface area contributed by atoms with E-state index in [-0.39, 0.29) is 17.9 Å². The quantitative estimate of drug-likeness (QED) is 0.778. The fraction of sp³-hybridized carbons (Fsp3) is 0.417. The number of benzene rings is 2. The molecule has 5 heteroatoms. The Bertz CT molecular complexity index is 807. The van der Waals surface area contributed by atoms with E-state index in [9.17, 15) is 9.59 Å². The molecule has 2 aromatic carbocycles. The standard InChI is InChI=1S/C24H30N2O3/c1-3-29-22-11-9-20(10-12-22)24(28)25-21-14-16-26(17-15-21)23(27)13-8-19-6-4-18(2)5-7-19/h4-7,9-12,21H,3,8,13-17H2,1-2H3,(H,25,28). The van der Waals surface area contributed by atoms with E-state index in [1.165, 1.54) is 11.1 Å². The molecule has 0 atom stereocenters. The van der Waals surface area contributed by atoms with E-state index >= 15 is 0 Å². The molecule has 2 aromatic rings. The van der Waals surface area contributed by atoms with E-state index in [1.807, 2.05) is 24.0 Å². The molecule has 1 aliphatic rings. The molecule has 5 nitrogen and oxygen atoms in total. The maximum atomic E-state index is 12.5. The number of nitrogens with zero attached hydrogens (tertiary/aromatic N) is 1. The summed E-state index contributed by atoms with van der Waals surface area (Å²) < 4.78 is 5.41. The topological polar surface area (TPSA) is 58.6 Å². The molecule has 1 fully saturated rings. The fourth-order valence-corrected chi connectivity index (χ4v) is 3.58. The van der Waals surface area contributed by atoms with Crippen molar-refractivity contribution in [1.29, 1.82) is 0 Å². The number of aryl methyl sites for hydroxylation is 2. The lowest BCUT2D eigenvalue weighted by molar-refractivity contribution is -0.132. The number of likely N-dealkylation sites (tertiary alicyclic amines) is 1. The van der Waals surface area contributed by atoms with Crippen molar-refractivity contribution in [3.63, 3.8) is 0 Å². The average Bonchev–Trinajstić information content (AvgIpc) is 2.74. The van der Waals surface area contributed by atoms with E-state index in [4.69, 9.17) is 4.74 Å². The molecule has 0 aromatic heterocycles. The average molecular weight is 395 g/mol. The summed E-state index contributed by atoms with van der Waals surface area (Å²) in [5.74, 6) is 0.889. The fourth-order valence-electron chi connectivity index (χ4n) is 3.58. The molecule has 1 heterocycles. The summed E-state index contributed by atoms with van der Waals surface area (Å²) in [5.41, 5.74) is 3.06. The van der Waals surface area contributed by atoms with Crippen LogP contribution in [0.2, 0.25) is 0 Å². The van der Waals surface area contributed by atoms with Crippen molar-refractivity contribution in [2.75, 3.05) is 19.7 Å². The molecule has 0 spiro atoms. The van der Waals surface area contributed by atoms with Crippen LogP contribution in [0.3, 0.4) is 0 Å². The minimum Gasteiger partial charge on any atom is -0.494 e. The Kier molecular flexibility index (Phi) is 7.28. The van der Waals surface area contributed by atoms with Crippen LogP contribution in [0.4, 0.5) is 0 Å². The van der Waals surface area contributed by atoms with E-state index < -0.39 is 0 Å². The number of piperidine rings is 1. The van der Waals surface area contributed by atoms with Gasteiger partial charge in [-0.05, 0) is 62.9 Å². The number of carbonyl (C=O) groups excluding carboxylic acids is 2. The molecule has 0 aliphatic carbocycles. The maximum absolute atomic E-state index is 12.5. The Morgan fingerprint density at radius 1 is 1.03 bits per heavy atom. The lowest BCUT2D eigenvalue weighted by Gasteiger charge is -2.32. The third-order valence-corrected chi connectivity index (χ3v) is 5.36. The maximum Gasteiger partial charge on any atom is 0.251 e. The van der Waals surface area contributed by atoms with Crippen LogP contribution in [0, 0.1) is 6.92 Å². The van der Waals surface area contributed by atoms with Crippen molar-refractivity contribution >= 4 is 11.8 Å². The number of hydrogen-bond donors (Lipinski definition) is 1. The number of nitrogens with one attached hydrogen (secondary N) is 1. The van der Waals surface area contributed by atoms with Crippen molar-refractivity contribution in [3.8, 4) is 5.75 Å². The van der Waals surface area contributed by atoms with Gasteiger partial charge in [0.2, 0.25) is 5.91 Å². The zero-order chi connectivity index (χ0) is 20.6. The van der Waals surface area contributed by atoms with Gasteiger partial charge >= 0.3 is 0 Å². The summed E-state index contributed by atoms with van der Waals surface area (Å²) in [6.45, 7) is 5.99. The molecule has 2 amide bonds. The highest BCUT2D eigenvalue weighted by Gasteiger charge is 2.24. The Labute approximate surface area is 173 Å². The predicted molar refractivity (Wildman–Crippen MR) is 114 cm³/mol. The molecule has 29 heavy (non-hydrogen) atoms. The largest absolute Gasteiger partial charge is 0.494 e. The number of ether oxygens (including phenoxy) is 1. The zero-order valence-corrected chi connectivity index (χ0v) is 17.3. The highest BCUT2D eigenvalue weighted by molar-refractivity contribution is 5.94. The third kappa shape index (κ3) is 6.08. The Morgan fingerprint density at radius 2 is 1.69 bits per heavy atom. The first-order chi connectivity index (χ1) is 14.0. The van der Waals surface area contributed by atoms with E-state index in [2.05, 4.69) is 36.5 Å². The SMILES string of the molecule is CCOc1ccc(C(=O)NC2CCN(C(=O)CCc3ccc(C)cc3)CC2)cc1. The molecule has 0 bridgehead atoms. The first-order valence-electron chi connectivity index (χ1n) is 10.4. The first-order valence-corrected chi connectivity index (χ1v) is 10.4. The van der Waals surface area contributed by atoms with Gasteiger partial charge in [-0.2, -0.15) is 0 Å². The van der Waals surface area contributed by atoms with E-state index in [0.717, 1.165) is 25.0 Å². The van der Waals surface area contributed by atoms with Crippen LogP contribution >= 0.6 is 0 Å². The van der Waals surface area contributed by atoms with E-state index in [0.29, 0.717) is 31.7 Å². The minimum absolute atomic E-state index is 0.0720. The van der Waals surface area contributed by atoms with Crippen LogP contribution in [0.1, 0.15) is 47.7 Å². The summed E-state index contributed by atoms with van der Waals surface area (Å²) >= 11 is 0. The van der Waals surface area contributed by atoms with Gasteiger partial charge in [0, 0.05) is 31.1 Å². The summed E-state index contributed by atoms with van der Waals surface area (Å²) in [5, 5.41) is 3.09. The monoisotopic (exact) mass is 394 g/mol. The summed E-state index contributed by atoms with van der Waals surface area (Å²) in [6, 6.07) is 15.6. The zero-order valence-electron chi connectivity index (χ0n) is 17.3. The van der Waals surface area contributed by atoms with Crippen LogP contribution in [0.5, 0.6) is 5.75 Å². The van der Waals surface area contributed by atoms with Crippen LogP contribution < -0.4 is 10.1 Å². The van der Waals surface area contributed by atoms with Gasteiger partial charge in [-0.1, -0.05) is 29.8 Å². The molecule has 1 N–H and O–H groups in total. The number of amides is 2. The predicted octanol–water partition coefficient (Wildman–Crippen LogP) is 3.75. The highest BCUT2D eigenvalue weighted by atomic mass is 16.5. The van der Waals surface area contributed by atoms with Gasteiger partial charge in [0.25, 0.3) is 5.91 Å². The molecular weight excluding hydrogens is 364 g/mol. The van der Waals surface area contributed by atoms with Crippen molar-refractivity contribution in [3.05, 3.63) is 65.2 Å². The van der Waals surface area contributed by atoms with Crippen LogP contribution in [-0.4, -0.2) is 42.5 Å². The third-order valence-electron chi connectivity index (χ3n) is 5.36. The molecule has 154 valence electrons. The van der Waals surface area contributed by atoms with Gasteiger partial charge in [-0.15, -0.1) is 0 Å². The Morgan fingerprint density at radius 3 is 2.31 bits per heavy atom. The van der Waals surface area contributed by atoms with Gasteiger partial charge < -0.3 is 15.0 Å². The van der Waals surface area contributed by atoms with Crippen molar-refractivity contribution in [1.82, 2.24) is 10.2 Å². The lowest BCUT2D eigenvalue weighted by atomic mass is 10.0. The number of rotatable bonds is 7. The molecule has 0 unspecified atom stereocenters. The minimum atomic E-state index is -0.0720. The smallest absolute Gasteiger partial charge is 0.251 e. The summed E-state index contributed by atoms with van der Waals surface area (Å²) in [4.78, 5) is 26.9. The van der Waals surface area contributed by atoms with E-state index in [1.54, 1.807) is 12.1 Å². The van der Waals surface area contributed by atoms with Crippen LogP contribution in [-0.2, 0) is 11.2 Å². The summed E-state index contributed by atoms with van der Waals surface area (Å²) in [6.07, 6.45) is 2.89. The highest BCUT2D eigenvalue weighted by Crippen LogP contribution is 2.16. The summed E-state index contributed by atoms with van der Waals surface area (Å²) in [7, 11) is 0. The second kappa shape index (κ2) is 10.1. The Hall–Kier alpha value is -2.82.